The number of aromatic nitrogens is 2. The summed E-state index contributed by atoms with van der Waals surface area (Å²) < 4.78 is 11.6. The number of amides is 1. The molecule has 7 heteroatoms. The Morgan fingerprint density at radius 3 is 3.08 bits per heavy atom. The van der Waals surface area contributed by atoms with Crippen LogP contribution in [0.5, 0.6) is 0 Å². The van der Waals surface area contributed by atoms with Gasteiger partial charge in [0.1, 0.15) is 6.54 Å². The number of carbonyl (C=O) groups excluding carboxylic acids is 2. The first-order valence-corrected chi connectivity index (χ1v) is 7.85. The summed E-state index contributed by atoms with van der Waals surface area (Å²) in [4.78, 5) is 25.6. The maximum absolute atomic E-state index is 12.3. The normalized spacial score (nSPS) is 14.0. The molecule has 0 aromatic carbocycles. The summed E-state index contributed by atoms with van der Waals surface area (Å²) in [6.45, 7) is 3.32. The van der Waals surface area contributed by atoms with Crippen LogP contribution < -0.4 is 0 Å². The minimum atomic E-state index is -0.301. The van der Waals surface area contributed by atoms with E-state index in [4.69, 9.17) is 9.15 Å². The zero-order chi connectivity index (χ0) is 16.9. The van der Waals surface area contributed by atoms with Crippen molar-refractivity contribution in [1.82, 2.24) is 14.7 Å². The molecule has 0 N–H and O–H groups in total. The molecule has 126 valence electrons. The molecule has 0 saturated carbocycles. The van der Waals surface area contributed by atoms with Crippen molar-refractivity contribution in [2.45, 2.75) is 26.4 Å². The summed E-state index contributed by atoms with van der Waals surface area (Å²) in [5, 5.41) is 4.25. The van der Waals surface area contributed by atoms with Crippen LogP contribution in [0.4, 0.5) is 0 Å². The van der Waals surface area contributed by atoms with Gasteiger partial charge in [0.25, 0.3) is 0 Å². The Bertz CT molecular complexity index is 746. The lowest BCUT2D eigenvalue weighted by Crippen LogP contribution is -2.35. The molecular formula is C17H19N3O4. The topological polar surface area (TPSA) is 77.6 Å². The molecule has 3 rings (SSSR count). The van der Waals surface area contributed by atoms with E-state index in [-0.39, 0.29) is 18.4 Å². The minimum Gasteiger partial charge on any atom is -0.472 e. The Hall–Kier alpha value is -2.83. The van der Waals surface area contributed by atoms with Gasteiger partial charge in [-0.2, -0.15) is 5.10 Å². The molecule has 0 saturated heterocycles. The number of hydrogen-bond acceptors (Lipinski definition) is 5. The lowest BCUT2D eigenvalue weighted by atomic mass is 10.1. The number of ether oxygens (including phenoxy) is 1. The second-order valence-corrected chi connectivity index (χ2v) is 5.48. The molecule has 2 aromatic heterocycles. The van der Waals surface area contributed by atoms with E-state index in [1.165, 1.54) is 0 Å². The van der Waals surface area contributed by atoms with Gasteiger partial charge in [-0.3, -0.25) is 14.3 Å². The van der Waals surface area contributed by atoms with Gasteiger partial charge in [-0.25, -0.2) is 0 Å². The summed E-state index contributed by atoms with van der Waals surface area (Å²) in [5.74, 6) is -0.357. The number of fused-ring (bicyclic) bond motifs is 1. The van der Waals surface area contributed by atoms with Crippen molar-refractivity contribution in [3.63, 3.8) is 0 Å². The summed E-state index contributed by atoms with van der Waals surface area (Å²) in [5.41, 5.74) is 2.81. The van der Waals surface area contributed by atoms with E-state index in [9.17, 15) is 9.59 Å². The Labute approximate surface area is 139 Å². The predicted molar refractivity (Wildman–Crippen MR) is 85.7 cm³/mol. The number of furan rings is 1. The molecule has 0 spiro atoms. The number of carbonyl (C=O) groups is 2. The van der Waals surface area contributed by atoms with Gasteiger partial charge in [0, 0.05) is 42.4 Å². The average Bonchev–Trinajstić information content (AvgIpc) is 3.22. The molecule has 3 heterocycles. The van der Waals surface area contributed by atoms with E-state index in [1.54, 1.807) is 53.4 Å². The van der Waals surface area contributed by atoms with Crippen molar-refractivity contribution in [2.75, 3.05) is 13.2 Å². The quantitative estimate of drug-likeness (QED) is 0.615. The molecule has 2 aromatic rings. The fraction of sp³-hybridized carbons (Fsp3) is 0.353. The molecule has 0 unspecified atom stereocenters. The van der Waals surface area contributed by atoms with E-state index in [1.807, 2.05) is 0 Å². The highest BCUT2D eigenvalue weighted by Gasteiger charge is 2.23. The molecule has 0 fully saturated rings. The molecular weight excluding hydrogens is 310 g/mol. The zero-order valence-electron chi connectivity index (χ0n) is 13.5. The highest BCUT2D eigenvalue weighted by Crippen LogP contribution is 2.19. The van der Waals surface area contributed by atoms with Crippen molar-refractivity contribution in [3.8, 4) is 0 Å². The summed E-state index contributed by atoms with van der Waals surface area (Å²) >= 11 is 0. The van der Waals surface area contributed by atoms with Crippen molar-refractivity contribution >= 4 is 18.0 Å². The lowest BCUT2D eigenvalue weighted by molar-refractivity contribution is -0.144. The Kier molecular flexibility index (Phi) is 4.79. The standard InChI is InChI=1S/C17H19N3O4/c1-2-24-17(22)11-20-15-5-7-19(10-14(15)9-18-20)16(21)4-3-13-6-8-23-12-13/h3-4,6,8-9,12H,2,5,7,10-11H2,1H3/b4-3+. The number of rotatable bonds is 5. The molecule has 0 atom stereocenters. The molecule has 1 aliphatic rings. The van der Waals surface area contributed by atoms with Gasteiger partial charge in [-0.1, -0.05) is 0 Å². The number of nitrogens with zero attached hydrogens (tertiary/aromatic N) is 3. The highest BCUT2D eigenvalue weighted by atomic mass is 16.5. The van der Waals surface area contributed by atoms with E-state index in [0.29, 0.717) is 26.1 Å². The van der Waals surface area contributed by atoms with Crippen molar-refractivity contribution < 1.29 is 18.7 Å². The van der Waals surface area contributed by atoms with Crippen LogP contribution in [-0.2, 0) is 33.8 Å². The fourth-order valence-electron chi connectivity index (χ4n) is 2.69. The van der Waals surface area contributed by atoms with Crippen LogP contribution in [0.2, 0.25) is 0 Å². The lowest BCUT2D eigenvalue weighted by Gasteiger charge is -2.26. The number of hydrogen-bond donors (Lipinski definition) is 0. The zero-order valence-corrected chi connectivity index (χ0v) is 13.5. The van der Waals surface area contributed by atoms with E-state index in [0.717, 1.165) is 16.8 Å². The van der Waals surface area contributed by atoms with Crippen molar-refractivity contribution in [3.05, 3.63) is 47.7 Å². The largest absolute Gasteiger partial charge is 0.472 e. The Morgan fingerprint density at radius 1 is 1.46 bits per heavy atom. The molecule has 7 nitrogen and oxygen atoms in total. The molecule has 0 radical (unpaired) electrons. The first-order valence-electron chi connectivity index (χ1n) is 7.85. The maximum atomic E-state index is 12.3. The van der Waals surface area contributed by atoms with E-state index in [2.05, 4.69) is 5.10 Å². The maximum Gasteiger partial charge on any atom is 0.327 e. The average molecular weight is 329 g/mol. The predicted octanol–water partition coefficient (Wildman–Crippen LogP) is 1.64. The van der Waals surface area contributed by atoms with Crippen LogP contribution >= 0.6 is 0 Å². The first-order chi connectivity index (χ1) is 11.7. The van der Waals surface area contributed by atoms with Crippen LogP contribution in [-0.4, -0.2) is 39.7 Å². The van der Waals surface area contributed by atoms with Gasteiger partial charge < -0.3 is 14.1 Å². The van der Waals surface area contributed by atoms with Gasteiger partial charge in [0.05, 0.1) is 25.3 Å². The monoisotopic (exact) mass is 329 g/mol. The summed E-state index contributed by atoms with van der Waals surface area (Å²) in [6, 6.07) is 1.79. The molecule has 1 amide bonds. The second-order valence-electron chi connectivity index (χ2n) is 5.48. The second kappa shape index (κ2) is 7.16. The van der Waals surface area contributed by atoms with Gasteiger partial charge in [-0.05, 0) is 19.1 Å². The third-order valence-electron chi connectivity index (χ3n) is 3.87. The van der Waals surface area contributed by atoms with Gasteiger partial charge in [0.15, 0.2) is 0 Å². The van der Waals surface area contributed by atoms with Crippen LogP contribution in [0.25, 0.3) is 6.08 Å². The molecule has 0 aliphatic carbocycles. The highest BCUT2D eigenvalue weighted by molar-refractivity contribution is 5.91. The third kappa shape index (κ3) is 3.56. The van der Waals surface area contributed by atoms with Crippen molar-refractivity contribution in [1.29, 1.82) is 0 Å². The van der Waals surface area contributed by atoms with Gasteiger partial charge in [0.2, 0.25) is 5.91 Å². The van der Waals surface area contributed by atoms with Gasteiger partial charge in [-0.15, -0.1) is 0 Å². The van der Waals surface area contributed by atoms with Crippen molar-refractivity contribution in [2.24, 2.45) is 0 Å². The van der Waals surface area contributed by atoms with Gasteiger partial charge >= 0.3 is 5.97 Å². The molecule has 24 heavy (non-hydrogen) atoms. The SMILES string of the molecule is CCOC(=O)Cn1ncc2c1CCN(C(=O)/C=C/c1ccoc1)C2. The summed E-state index contributed by atoms with van der Waals surface area (Å²) in [7, 11) is 0. The molecule has 1 aliphatic heterocycles. The van der Waals surface area contributed by atoms with Crippen LogP contribution in [0.15, 0.2) is 35.3 Å². The number of esters is 1. The first kappa shape index (κ1) is 16.0. The fourth-order valence-corrected chi connectivity index (χ4v) is 2.69. The Morgan fingerprint density at radius 2 is 2.33 bits per heavy atom. The van der Waals surface area contributed by atoms with Crippen LogP contribution in [0, 0.1) is 0 Å². The van der Waals surface area contributed by atoms with E-state index >= 15 is 0 Å². The summed E-state index contributed by atoms with van der Waals surface area (Å²) in [6.07, 6.45) is 8.80. The van der Waals surface area contributed by atoms with Crippen LogP contribution in [0.1, 0.15) is 23.7 Å². The molecule has 0 bridgehead atoms. The van der Waals surface area contributed by atoms with E-state index < -0.39 is 0 Å². The minimum absolute atomic E-state index is 0.0556. The third-order valence-corrected chi connectivity index (χ3v) is 3.87. The Balaban J connectivity index is 1.64. The van der Waals surface area contributed by atoms with Crippen LogP contribution in [0.3, 0.4) is 0 Å². The smallest absolute Gasteiger partial charge is 0.327 e.